The smallest absolute Gasteiger partial charge is 0.309 e. The van der Waals surface area contributed by atoms with Gasteiger partial charge in [0.25, 0.3) is 11.8 Å². The zero-order valence-corrected chi connectivity index (χ0v) is 18.0. The number of hydrogen-bond acceptors (Lipinski definition) is 4. The number of benzene rings is 2. The van der Waals surface area contributed by atoms with Gasteiger partial charge in [0, 0.05) is 24.3 Å². The molecule has 6 nitrogen and oxygen atoms in total. The molecule has 0 bridgehead atoms. The van der Waals surface area contributed by atoms with Crippen LogP contribution in [0.3, 0.4) is 0 Å². The predicted molar refractivity (Wildman–Crippen MR) is 115 cm³/mol. The van der Waals surface area contributed by atoms with Crippen molar-refractivity contribution in [3.05, 3.63) is 65.0 Å². The Morgan fingerprint density at radius 1 is 1.06 bits per heavy atom. The first kappa shape index (κ1) is 22.5. The van der Waals surface area contributed by atoms with Crippen LogP contribution < -0.4 is 5.32 Å². The molecule has 1 fully saturated rings. The SMILES string of the molecule is Cc1ccc(NC(=O)[C@H](C)OC(=O)C2CCN(C(=O)c3ccccc3C)CC2)cc1F. The summed E-state index contributed by atoms with van der Waals surface area (Å²) >= 11 is 0. The summed E-state index contributed by atoms with van der Waals surface area (Å²) in [6.07, 6.45) is -0.0504. The van der Waals surface area contributed by atoms with Gasteiger partial charge in [-0.1, -0.05) is 24.3 Å². The van der Waals surface area contributed by atoms with E-state index in [1.807, 2.05) is 25.1 Å². The Kier molecular flexibility index (Phi) is 7.05. The average molecular weight is 426 g/mol. The number of carbonyl (C=O) groups excluding carboxylic acids is 3. The van der Waals surface area contributed by atoms with Crippen LogP contribution in [0.1, 0.15) is 41.3 Å². The van der Waals surface area contributed by atoms with Crippen molar-refractivity contribution in [1.82, 2.24) is 4.90 Å². The highest BCUT2D eigenvalue weighted by Crippen LogP contribution is 2.22. The molecule has 2 aromatic rings. The van der Waals surface area contributed by atoms with Gasteiger partial charge in [0.2, 0.25) is 0 Å². The number of likely N-dealkylation sites (tertiary alicyclic amines) is 1. The minimum absolute atomic E-state index is 0.0389. The minimum Gasteiger partial charge on any atom is -0.452 e. The summed E-state index contributed by atoms with van der Waals surface area (Å²) < 4.78 is 19.0. The molecule has 1 N–H and O–H groups in total. The van der Waals surface area contributed by atoms with Crippen LogP contribution in [0, 0.1) is 25.6 Å². The number of esters is 1. The van der Waals surface area contributed by atoms with E-state index in [2.05, 4.69) is 5.32 Å². The Morgan fingerprint density at radius 2 is 1.74 bits per heavy atom. The number of halogens is 1. The van der Waals surface area contributed by atoms with Gasteiger partial charge in [-0.25, -0.2) is 4.39 Å². The summed E-state index contributed by atoms with van der Waals surface area (Å²) in [5.41, 5.74) is 2.37. The lowest BCUT2D eigenvalue weighted by atomic mass is 9.96. The van der Waals surface area contributed by atoms with Crippen LogP contribution in [0.15, 0.2) is 42.5 Å². The Hall–Kier alpha value is -3.22. The van der Waals surface area contributed by atoms with Crippen molar-refractivity contribution in [1.29, 1.82) is 0 Å². The monoisotopic (exact) mass is 426 g/mol. The van der Waals surface area contributed by atoms with Gasteiger partial charge in [-0.3, -0.25) is 14.4 Å². The molecule has 31 heavy (non-hydrogen) atoms. The van der Waals surface area contributed by atoms with Crippen LogP contribution >= 0.6 is 0 Å². The van der Waals surface area contributed by atoms with Crippen molar-refractivity contribution >= 4 is 23.5 Å². The van der Waals surface area contributed by atoms with Crippen molar-refractivity contribution in [3.8, 4) is 0 Å². The number of aryl methyl sites for hydroxylation is 2. The van der Waals surface area contributed by atoms with Gasteiger partial charge in [0.05, 0.1) is 5.92 Å². The number of nitrogens with one attached hydrogen (secondary N) is 1. The second kappa shape index (κ2) is 9.73. The summed E-state index contributed by atoms with van der Waals surface area (Å²) in [5, 5.41) is 2.55. The first-order valence-corrected chi connectivity index (χ1v) is 10.4. The Morgan fingerprint density at radius 3 is 2.39 bits per heavy atom. The van der Waals surface area contributed by atoms with Gasteiger partial charge in [-0.05, 0) is 62.9 Å². The van der Waals surface area contributed by atoms with Crippen molar-refractivity contribution in [2.45, 2.75) is 39.7 Å². The number of rotatable bonds is 5. The topological polar surface area (TPSA) is 75.7 Å². The number of ether oxygens (including phenoxy) is 1. The number of amides is 2. The minimum atomic E-state index is -1.01. The maximum Gasteiger partial charge on any atom is 0.309 e. The van der Waals surface area contributed by atoms with Crippen molar-refractivity contribution < 1.29 is 23.5 Å². The number of nitrogens with zero attached hydrogens (tertiary/aromatic N) is 1. The van der Waals surface area contributed by atoms with Crippen LogP contribution in [0.4, 0.5) is 10.1 Å². The van der Waals surface area contributed by atoms with E-state index >= 15 is 0 Å². The molecule has 2 amide bonds. The maximum absolute atomic E-state index is 13.6. The highest BCUT2D eigenvalue weighted by Gasteiger charge is 2.31. The lowest BCUT2D eigenvalue weighted by Gasteiger charge is -2.31. The molecule has 0 saturated carbocycles. The second-order valence-corrected chi connectivity index (χ2v) is 7.91. The summed E-state index contributed by atoms with van der Waals surface area (Å²) in [6.45, 7) is 5.92. The van der Waals surface area contributed by atoms with E-state index in [-0.39, 0.29) is 11.8 Å². The van der Waals surface area contributed by atoms with E-state index in [1.165, 1.54) is 13.0 Å². The Labute approximate surface area is 181 Å². The Balaban J connectivity index is 1.50. The number of piperidine rings is 1. The molecule has 164 valence electrons. The normalized spacial score (nSPS) is 15.3. The van der Waals surface area contributed by atoms with Gasteiger partial charge in [-0.15, -0.1) is 0 Å². The van der Waals surface area contributed by atoms with Crippen molar-refractivity contribution in [2.24, 2.45) is 5.92 Å². The molecule has 0 spiro atoms. The van der Waals surface area contributed by atoms with Gasteiger partial charge in [0.15, 0.2) is 6.10 Å². The fraction of sp³-hybridized carbons (Fsp3) is 0.375. The van der Waals surface area contributed by atoms with E-state index in [9.17, 15) is 18.8 Å². The standard InChI is InChI=1S/C24H27FN2O4/c1-15-6-4-5-7-20(15)23(29)27-12-10-18(11-13-27)24(30)31-17(3)22(28)26-19-9-8-16(2)21(25)14-19/h4-9,14,17-18H,10-13H2,1-3H3,(H,26,28)/t17-/m0/s1. The molecule has 1 saturated heterocycles. The summed E-state index contributed by atoms with van der Waals surface area (Å²) in [4.78, 5) is 39.2. The molecular weight excluding hydrogens is 399 g/mol. The zero-order chi connectivity index (χ0) is 22.5. The lowest BCUT2D eigenvalue weighted by molar-refractivity contribution is -0.158. The lowest BCUT2D eigenvalue weighted by Crippen LogP contribution is -2.42. The fourth-order valence-electron chi connectivity index (χ4n) is 3.54. The molecule has 7 heteroatoms. The Bertz CT molecular complexity index is 983. The van der Waals surface area contributed by atoms with Gasteiger partial charge in [0.1, 0.15) is 5.82 Å². The van der Waals surface area contributed by atoms with E-state index < -0.39 is 23.8 Å². The second-order valence-electron chi connectivity index (χ2n) is 7.91. The third-order valence-electron chi connectivity index (χ3n) is 5.59. The van der Waals surface area contributed by atoms with Crippen LogP contribution in [0.2, 0.25) is 0 Å². The van der Waals surface area contributed by atoms with Crippen LogP contribution in [-0.4, -0.2) is 41.9 Å². The molecule has 1 aliphatic rings. The molecule has 0 aromatic heterocycles. The molecule has 2 aromatic carbocycles. The summed E-state index contributed by atoms with van der Waals surface area (Å²) in [6, 6.07) is 11.8. The van der Waals surface area contributed by atoms with Crippen molar-refractivity contribution in [3.63, 3.8) is 0 Å². The quantitative estimate of drug-likeness (QED) is 0.737. The van der Waals surface area contributed by atoms with Crippen LogP contribution in [-0.2, 0) is 14.3 Å². The van der Waals surface area contributed by atoms with Gasteiger partial charge < -0.3 is 15.0 Å². The molecule has 1 heterocycles. The molecule has 0 unspecified atom stereocenters. The largest absolute Gasteiger partial charge is 0.452 e. The first-order valence-electron chi connectivity index (χ1n) is 10.4. The molecule has 0 aliphatic carbocycles. The number of anilines is 1. The molecule has 1 aliphatic heterocycles. The number of hydrogen-bond donors (Lipinski definition) is 1. The third-order valence-corrected chi connectivity index (χ3v) is 5.59. The first-order chi connectivity index (χ1) is 14.8. The molecule has 0 radical (unpaired) electrons. The van der Waals surface area contributed by atoms with Crippen molar-refractivity contribution in [2.75, 3.05) is 18.4 Å². The highest BCUT2D eigenvalue weighted by molar-refractivity contribution is 5.96. The van der Waals surface area contributed by atoms with Crippen LogP contribution in [0.5, 0.6) is 0 Å². The maximum atomic E-state index is 13.6. The summed E-state index contributed by atoms with van der Waals surface area (Å²) in [5.74, 6) is -1.81. The molecular formula is C24H27FN2O4. The number of carbonyl (C=O) groups is 3. The van der Waals surface area contributed by atoms with Crippen LogP contribution in [0.25, 0.3) is 0 Å². The predicted octanol–water partition coefficient (Wildman–Crippen LogP) is 3.87. The van der Waals surface area contributed by atoms with E-state index in [1.54, 1.807) is 30.0 Å². The third kappa shape index (κ3) is 5.48. The van der Waals surface area contributed by atoms with Gasteiger partial charge in [-0.2, -0.15) is 0 Å². The molecule has 3 rings (SSSR count). The van der Waals surface area contributed by atoms with Gasteiger partial charge >= 0.3 is 5.97 Å². The fourth-order valence-corrected chi connectivity index (χ4v) is 3.54. The van der Waals surface area contributed by atoms with E-state index in [0.29, 0.717) is 42.7 Å². The van der Waals surface area contributed by atoms with E-state index in [4.69, 9.17) is 4.74 Å². The average Bonchev–Trinajstić information content (AvgIpc) is 2.76. The summed E-state index contributed by atoms with van der Waals surface area (Å²) in [7, 11) is 0. The molecule has 1 atom stereocenters. The zero-order valence-electron chi connectivity index (χ0n) is 18.0. The van der Waals surface area contributed by atoms with E-state index in [0.717, 1.165) is 5.56 Å². The highest BCUT2D eigenvalue weighted by atomic mass is 19.1.